The van der Waals surface area contributed by atoms with Crippen LogP contribution in [0.4, 0.5) is 8.78 Å². The molecule has 80 valence electrons. The first kappa shape index (κ1) is 11.3. The molecule has 5 heteroatoms. The number of Topliss-reactive ketones (excluding diaryl/α,β-unsaturated/α-hetero) is 1. The fraction of sp³-hybridized carbons (Fsp3) is 0.200. The lowest BCUT2D eigenvalue weighted by Gasteiger charge is -2.14. The second kappa shape index (κ2) is 4.16. The second-order valence-electron chi connectivity index (χ2n) is 2.95. The Morgan fingerprint density at radius 3 is 2.20 bits per heavy atom. The maximum absolute atomic E-state index is 13.1. The zero-order chi connectivity index (χ0) is 11.5. The number of rotatable bonds is 3. The first-order chi connectivity index (χ1) is 6.93. The van der Waals surface area contributed by atoms with Crippen molar-refractivity contribution in [1.29, 1.82) is 0 Å². The molecule has 0 radical (unpaired) electrons. The van der Waals surface area contributed by atoms with Gasteiger partial charge in [0.05, 0.1) is 0 Å². The minimum Gasteiger partial charge on any atom is -0.291 e. The lowest BCUT2D eigenvalue weighted by Crippen LogP contribution is -2.46. The lowest BCUT2D eigenvalue weighted by molar-refractivity contribution is -0.126. The van der Waals surface area contributed by atoms with E-state index in [0.717, 1.165) is 6.92 Å². The number of amides is 1. The molecule has 3 nitrogen and oxygen atoms in total. The highest BCUT2D eigenvalue weighted by Gasteiger charge is 2.40. The molecule has 1 aromatic rings. The molecular weight excluding hydrogens is 204 g/mol. The van der Waals surface area contributed by atoms with Crippen molar-refractivity contribution in [1.82, 2.24) is 5.32 Å². The summed E-state index contributed by atoms with van der Waals surface area (Å²) in [7, 11) is 0. The summed E-state index contributed by atoms with van der Waals surface area (Å²) in [5.74, 6) is -2.37. The Balaban J connectivity index is 2.89. The van der Waals surface area contributed by atoms with Gasteiger partial charge in [0.2, 0.25) is 5.91 Å². The number of halogens is 2. The van der Waals surface area contributed by atoms with Crippen LogP contribution in [-0.2, 0) is 4.79 Å². The van der Waals surface area contributed by atoms with Crippen LogP contribution < -0.4 is 5.32 Å². The van der Waals surface area contributed by atoms with Gasteiger partial charge >= 0.3 is 6.05 Å². The van der Waals surface area contributed by atoms with Gasteiger partial charge in [-0.3, -0.25) is 14.9 Å². The van der Waals surface area contributed by atoms with Gasteiger partial charge in [-0.15, -0.1) is 0 Å². The predicted octanol–water partition coefficient (Wildman–Crippen LogP) is 1.60. The Morgan fingerprint density at radius 2 is 1.73 bits per heavy atom. The Bertz CT molecular complexity index is 376. The monoisotopic (exact) mass is 213 g/mol. The Hall–Kier alpha value is -1.78. The van der Waals surface area contributed by atoms with Crippen LogP contribution in [0.2, 0.25) is 0 Å². The van der Waals surface area contributed by atoms with Crippen LogP contribution in [0, 0.1) is 0 Å². The van der Waals surface area contributed by atoms with Crippen molar-refractivity contribution >= 4 is 11.7 Å². The Morgan fingerprint density at radius 1 is 1.20 bits per heavy atom. The summed E-state index contributed by atoms with van der Waals surface area (Å²) >= 11 is 0. The first-order valence-electron chi connectivity index (χ1n) is 4.20. The Labute approximate surface area is 85.1 Å². The summed E-state index contributed by atoms with van der Waals surface area (Å²) in [6.45, 7) is 0.923. The number of carbonyl (C=O) groups excluding carboxylic acids is 2. The average Bonchev–Trinajstić information content (AvgIpc) is 2.16. The van der Waals surface area contributed by atoms with E-state index in [2.05, 4.69) is 0 Å². The zero-order valence-corrected chi connectivity index (χ0v) is 7.96. The minimum absolute atomic E-state index is 0.142. The van der Waals surface area contributed by atoms with E-state index in [4.69, 9.17) is 0 Å². The number of carbonyl (C=O) groups is 2. The van der Waals surface area contributed by atoms with Crippen LogP contribution >= 0.6 is 0 Å². The van der Waals surface area contributed by atoms with Crippen molar-refractivity contribution in [2.24, 2.45) is 0 Å². The molecule has 0 aliphatic rings. The largest absolute Gasteiger partial charge is 0.389 e. The van der Waals surface area contributed by atoms with E-state index < -0.39 is 17.7 Å². The molecule has 1 amide bonds. The summed E-state index contributed by atoms with van der Waals surface area (Å²) < 4.78 is 26.1. The van der Waals surface area contributed by atoms with Gasteiger partial charge in [-0.1, -0.05) is 30.3 Å². The van der Waals surface area contributed by atoms with Crippen molar-refractivity contribution in [3.63, 3.8) is 0 Å². The highest BCUT2D eigenvalue weighted by molar-refractivity contribution is 6.02. The van der Waals surface area contributed by atoms with Gasteiger partial charge < -0.3 is 0 Å². The van der Waals surface area contributed by atoms with E-state index in [0.29, 0.717) is 0 Å². The van der Waals surface area contributed by atoms with E-state index in [9.17, 15) is 18.4 Å². The van der Waals surface area contributed by atoms with Gasteiger partial charge in [0.15, 0.2) is 0 Å². The fourth-order valence-electron chi connectivity index (χ4n) is 1.05. The molecule has 0 atom stereocenters. The maximum atomic E-state index is 13.1. The summed E-state index contributed by atoms with van der Waals surface area (Å²) in [5, 5.41) is 1.30. The highest BCUT2D eigenvalue weighted by Crippen LogP contribution is 2.16. The number of benzene rings is 1. The summed E-state index contributed by atoms with van der Waals surface area (Å²) in [4.78, 5) is 21.7. The van der Waals surface area contributed by atoms with Crippen LogP contribution in [0.25, 0.3) is 0 Å². The number of hydrogen-bond acceptors (Lipinski definition) is 2. The molecule has 0 aliphatic carbocycles. The smallest absolute Gasteiger partial charge is 0.291 e. The molecule has 0 saturated heterocycles. The predicted molar refractivity (Wildman–Crippen MR) is 49.5 cm³/mol. The van der Waals surface area contributed by atoms with Crippen molar-refractivity contribution in [3.05, 3.63) is 35.9 Å². The molecule has 0 unspecified atom stereocenters. The molecule has 1 N–H and O–H groups in total. The van der Waals surface area contributed by atoms with Gasteiger partial charge in [-0.2, -0.15) is 8.78 Å². The van der Waals surface area contributed by atoms with Crippen molar-refractivity contribution in [2.75, 3.05) is 0 Å². The highest BCUT2D eigenvalue weighted by atomic mass is 19.3. The topological polar surface area (TPSA) is 46.2 Å². The molecule has 0 bridgehead atoms. The van der Waals surface area contributed by atoms with E-state index >= 15 is 0 Å². The van der Waals surface area contributed by atoms with E-state index in [1.165, 1.54) is 29.6 Å². The zero-order valence-electron chi connectivity index (χ0n) is 7.96. The van der Waals surface area contributed by atoms with Crippen LogP contribution in [0.5, 0.6) is 0 Å². The van der Waals surface area contributed by atoms with Crippen LogP contribution in [0.15, 0.2) is 30.3 Å². The van der Waals surface area contributed by atoms with E-state index in [1.807, 2.05) is 0 Å². The molecule has 0 fully saturated rings. The number of alkyl halides is 2. The molecule has 0 heterocycles. The third-order valence-electron chi connectivity index (χ3n) is 1.65. The minimum atomic E-state index is -3.85. The molecular formula is C10H9F2NO2. The van der Waals surface area contributed by atoms with Crippen molar-refractivity contribution in [2.45, 2.75) is 13.0 Å². The summed E-state index contributed by atoms with van der Waals surface area (Å²) in [6.07, 6.45) is 0. The quantitative estimate of drug-likeness (QED) is 0.612. The van der Waals surface area contributed by atoms with Gasteiger partial charge in [0, 0.05) is 12.5 Å². The SMILES string of the molecule is CC(=O)NC(F)(F)C(=O)c1ccccc1. The van der Waals surface area contributed by atoms with Gasteiger partial charge in [-0.25, -0.2) is 0 Å². The standard InChI is InChI=1S/C10H9F2NO2/c1-7(14)13-10(11,12)9(15)8-5-3-2-4-6-8/h2-6H,1H3,(H,13,14). The van der Waals surface area contributed by atoms with Gasteiger partial charge in [0.25, 0.3) is 5.78 Å². The normalized spacial score (nSPS) is 10.9. The fourth-order valence-corrected chi connectivity index (χ4v) is 1.05. The van der Waals surface area contributed by atoms with Gasteiger partial charge in [-0.05, 0) is 0 Å². The van der Waals surface area contributed by atoms with Crippen LogP contribution in [0.1, 0.15) is 17.3 Å². The Kier molecular flexibility index (Phi) is 3.14. The average molecular weight is 213 g/mol. The second-order valence-corrected chi connectivity index (χ2v) is 2.95. The van der Waals surface area contributed by atoms with Crippen LogP contribution in [0.3, 0.4) is 0 Å². The molecule has 0 aliphatic heterocycles. The molecule has 1 aromatic carbocycles. The summed E-state index contributed by atoms with van der Waals surface area (Å²) in [5.41, 5.74) is -0.142. The molecule has 15 heavy (non-hydrogen) atoms. The number of nitrogens with one attached hydrogen (secondary N) is 1. The molecule has 1 rings (SSSR count). The summed E-state index contributed by atoms with van der Waals surface area (Å²) in [6, 6.07) is 3.21. The van der Waals surface area contributed by atoms with Crippen molar-refractivity contribution < 1.29 is 18.4 Å². The van der Waals surface area contributed by atoms with Crippen molar-refractivity contribution in [3.8, 4) is 0 Å². The van der Waals surface area contributed by atoms with E-state index in [-0.39, 0.29) is 5.56 Å². The number of ketones is 1. The van der Waals surface area contributed by atoms with E-state index in [1.54, 1.807) is 6.07 Å². The van der Waals surface area contributed by atoms with Crippen LogP contribution in [-0.4, -0.2) is 17.7 Å². The number of hydrogen-bond donors (Lipinski definition) is 1. The molecule has 0 saturated carbocycles. The third kappa shape index (κ3) is 2.83. The third-order valence-corrected chi connectivity index (χ3v) is 1.65. The molecule has 0 spiro atoms. The molecule has 0 aromatic heterocycles. The van der Waals surface area contributed by atoms with Gasteiger partial charge in [0.1, 0.15) is 0 Å². The maximum Gasteiger partial charge on any atom is 0.389 e. The first-order valence-corrected chi connectivity index (χ1v) is 4.20. The lowest BCUT2D eigenvalue weighted by atomic mass is 10.1.